The monoisotopic (exact) mass is 373 g/mol. The van der Waals surface area contributed by atoms with Gasteiger partial charge < -0.3 is 15.1 Å². The van der Waals surface area contributed by atoms with Crippen LogP contribution in [0.15, 0.2) is 53.0 Å². The number of carbonyl (C=O) groups excluding carboxylic acids is 1. The molecule has 0 bridgehead atoms. The van der Waals surface area contributed by atoms with Crippen molar-refractivity contribution in [3.63, 3.8) is 0 Å². The third kappa shape index (κ3) is 3.85. The second-order valence-electron chi connectivity index (χ2n) is 5.73. The molecule has 1 N–H and O–H groups in total. The van der Waals surface area contributed by atoms with E-state index in [1.54, 1.807) is 0 Å². The van der Waals surface area contributed by atoms with Crippen molar-refractivity contribution in [2.45, 2.75) is 6.92 Å². The number of benzene rings is 2. The number of hydrogen-bond donors (Lipinski definition) is 1. The molecule has 0 aliphatic carbocycles. The van der Waals surface area contributed by atoms with E-state index in [2.05, 4.69) is 32.2 Å². The van der Waals surface area contributed by atoms with Gasteiger partial charge in [-0.1, -0.05) is 24.3 Å². The molecule has 2 aromatic rings. The van der Waals surface area contributed by atoms with Gasteiger partial charge in [0.05, 0.1) is 5.69 Å². The average Bonchev–Trinajstić information content (AvgIpc) is 2.55. The Morgan fingerprint density at radius 3 is 2.48 bits per heavy atom. The first-order valence-corrected chi connectivity index (χ1v) is 8.55. The molecule has 0 radical (unpaired) electrons. The summed E-state index contributed by atoms with van der Waals surface area (Å²) in [6.45, 7) is 5.14. The van der Waals surface area contributed by atoms with Crippen LogP contribution in [-0.2, 0) is 0 Å². The topological polar surface area (TPSA) is 35.6 Å². The number of nitrogens with one attached hydrogen (secondary N) is 1. The molecule has 0 spiro atoms. The zero-order chi connectivity index (χ0) is 16.2. The van der Waals surface area contributed by atoms with Gasteiger partial charge in [0.1, 0.15) is 0 Å². The molecule has 5 heteroatoms. The molecule has 4 nitrogen and oxygen atoms in total. The molecule has 1 aliphatic heterocycles. The van der Waals surface area contributed by atoms with Crippen molar-refractivity contribution in [2.75, 3.05) is 36.4 Å². The number of amides is 2. The third-order valence-corrected chi connectivity index (χ3v) is 4.70. The van der Waals surface area contributed by atoms with E-state index in [1.807, 2.05) is 54.3 Å². The summed E-state index contributed by atoms with van der Waals surface area (Å²) in [6.07, 6.45) is 0. The van der Waals surface area contributed by atoms with E-state index in [4.69, 9.17) is 0 Å². The minimum atomic E-state index is -0.0256. The maximum absolute atomic E-state index is 12.4. The summed E-state index contributed by atoms with van der Waals surface area (Å²) in [7, 11) is 0. The van der Waals surface area contributed by atoms with Crippen molar-refractivity contribution in [2.24, 2.45) is 0 Å². The fourth-order valence-electron chi connectivity index (χ4n) is 2.78. The lowest BCUT2D eigenvalue weighted by atomic mass is 10.2. The van der Waals surface area contributed by atoms with Gasteiger partial charge in [0.2, 0.25) is 0 Å². The predicted octanol–water partition coefficient (Wildman–Crippen LogP) is 4.11. The highest BCUT2D eigenvalue weighted by molar-refractivity contribution is 9.10. The molecular weight excluding hydrogens is 354 g/mol. The van der Waals surface area contributed by atoms with Crippen LogP contribution in [0.3, 0.4) is 0 Å². The van der Waals surface area contributed by atoms with Crippen molar-refractivity contribution in [3.05, 3.63) is 58.6 Å². The van der Waals surface area contributed by atoms with E-state index < -0.39 is 0 Å². The van der Waals surface area contributed by atoms with Gasteiger partial charge in [-0.2, -0.15) is 0 Å². The predicted molar refractivity (Wildman–Crippen MR) is 98.1 cm³/mol. The number of nitrogens with zero attached hydrogens (tertiary/aromatic N) is 2. The van der Waals surface area contributed by atoms with Crippen LogP contribution in [0.5, 0.6) is 0 Å². The molecule has 1 saturated heterocycles. The largest absolute Gasteiger partial charge is 0.367 e. The Morgan fingerprint density at radius 1 is 1.04 bits per heavy atom. The number of rotatable bonds is 2. The highest BCUT2D eigenvalue weighted by atomic mass is 79.9. The molecule has 120 valence electrons. The Kier molecular flexibility index (Phi) is 4.86. The summed E-state index contributed by atoms with van der Waals surface area (Å²) in [6, 6.07) is 16.1. The Hall–Kier alpha value is -2.01. The summed E-state index contributed by atoms with van der Waals surface area (Å²) < 4.78 is 1.10. The number of hydrogen-bond acceptors (Lipinski definition) is 2. The van der Waals surface area contributed by atoms with Gasteiger partial charge in [0, 0.05) is 36.3 Å². The van der Waals surface area contributed by atoms with Crippen LogP contribution in [0.25, 0.3) is 0 Å². The van der Waals surface area contributed by atoms with Crippen LogP contribution >= 0.6 is 15.9 Å². The Labute approximate surface area is 145 Å². The van der Waals surface area contributed by atoms with E-state index in [1.165, 1.54) is 5.69 Å². The number of urea groups is 1. The molecule has 3 rings (SSSR count). The van der Waals surface area contributed by atoms with E-state index in [-0.39, 0.29) is 6.03 Å². The van der Waals surface area contributed by atoms with E-state index in [9.17, 15) is 4.79 Å². The van der Waals surface area contributed by atoms with E-state index in [0.717, 1.165) is 41.9 Å². The quantitative estimate of drug-likeness (QED) is 0.859. The first-order chi connectivity index (χ1) is 11.1. The van der Waals surface area contributed by atoms with Crippen molar-refractivity contribution in [3.8, 4) is 0 Å². The van der Waals surface area contributed by atoms with Gasteiger partial charge in [0.15, 0.2) is 0 Å². The van der Waals surface area contributed by atoms with Crippen LogP contribution in [0.2, 0.25) is 0 Å². The molecule has 0 atom stereocenters. The normalized spacial score (nSPS) is 14.7. The zero-order valence-corrected chi connectivity index (χ0v) is 14.7. The molecule has 1 fully saturated rings. The smallest absolute Gasteiger partial charge is 0.321 e. The van der Waals surface area contributed by atoms with E-state index >= 15 is 0 Å². The number of para-hydroxylation sites is 1. The highest BCUT2D eigenvalue weighted by Gasteiger charge is 2.22. The molecule has 0 unspecified atom stereocenters. The first-order valence-electron chi connectivity index (χ1n) is 7.75. The van der Waals surface area contributed by atoms with Gasteiger partial charge in [-0.05, 0) is 52.7 Å². The average molecular weight is 374 g/mol. The number of carbonyl (C=O) groups is 1. The standard InChI is InChI=1S/C18H20BrN3O/c1-14-5-4-6-15(13-14)20-18(23)22-11-9-21(10-12-22)17-8-3-2-7-16(17)19/h2-8,13H,9-12H2,1H3,(H,20,23). The van der Waals surface area contributed by atoms with Crippen molar-refractivity contribution in [1.82, 2.24) is 4.90 Å². The molecule has 23 heavy (non-hydrogen) atoms. The van der Waals surface area contributed by atoms with Gasteiger partial charge in [-0.25, -0.2) is 4.79 Å². The summed E-state index contributed by atoms with van der Waals surface area (Å²) in [4.78, 5) is 16.6. The van der Waals surface area contributed by atoms with Crippen LogP contribution in [0.1, 0.15) is 5.56 Å². The fraction of sp³-hybridized carbons (Fsp3) is 0.278. The van der Waals surface area contributed by atoms with Crippen LogP contribution in [0.4, 0.5) is 16.2 Å². The minimum absolute atomic E-state index is 0.0256. The molecule has 0 aromatic heterocycles. The van der Waals surface area contributed by atoms with Gasteiger partial charge >= 0.3 is 6.03 Å². The van der Waals surface area contributed by atoms with Crippen LogP contribution < -0.4 is 10.2 Å². The molecule has 2 amide bonds. The maximum Gasteiger partial charge on any atom is 0.321 e. The fourth-order valence-corrected chi connectivity index (χ4v) is 3.32. The van der Waals surface area contributed by atoms with Gasteiger partial charge in [-0.3, -0.25) is 0 Å². The second-order valence-corrected chi connectivity index (χ2v) is 6.58. The van der Waals surface area contributed by atoms with Gasteiger partial charge in [-0.15, -0.1) is 0 Å². The highest BCUT2D eigenvalue weighted by Crippen LogP contribution is 2.26. The Balaban J connectivity index is 1.58. The number of halogens is 1. The SMILES string of the molecule is Cc1cccc(NC(=O)N2CCN(c3ccccc3Br)CC2)c1. The van der Waals surface area contributed by atoms with E-state index in [0.29, 0.717) is 0 Å². The Bertz CT molecular complexity index is 696. The summed E-state index contributed by atoms with van der Waals surface area (Å²) in [5.74, 6) is 0. The third-order valence-electron chi connectivity index (χ3n) is 4.03. The molecule has 1 heterocycles. The summed E-state index contributed by atoms with van der Waals surface area (Å²) >= 11 is 3.59. The number of aryl methyl sites for hydroxylation is 1. The summed E-state index contributed by atoms with van der Waals surface area (Å²) in [5, 5.41) is 2.98. The molecule has 0 saturated carbocycles. The lowest BCUT2D eigenvalue weighted by Gasteiger charge is -2.36. The van der Waals surface area contributed by atoms with Crippen molar-refractivity contribution >= 4 is 33.3 Å². The van der Waals surface area contributed by atoms with Crippen molar-refractivity contribution < 1.29 is 4.79 Å². The first kappa shape index (κ1) is 15.9. The number of anilines is 2. The lowest BCUT2D eigenvalue weighted by Crippen LogP contribution is -2.50. The van der Waals surface area contributed by atoms with Crippen LogP contribution in [0, 0.1) is 6.92 Å². The minimum Gasteiger partial charge on any atom is -0.367 e. The molecule has 2 aromatic carbocycles. The van der Waals surface area contributed by atoms with Crippen molar-refractivity contribution in [1.29, 1.82) is 0 Å². The zero-order valence-electron chi connectivity index (χ0n) is 13.1. The van der Waals surface area contributed by atoms with Gasteiger partial charge in [0.25, 0.3) is 0 Å². The molecular formula is C18H20BrN3O. The Morgan fingerprint density at radius 2 is 1.78 bits per heavy atom. The summed E-state index contributed by atoms with van der Waals surface area (Å²) in [5.41, 5.74) is 3.18. The van der Waals surface area contributed by atoms with Crippen LogP contribution in [-0.4, -0.2) is 37.1 Å². The number of piperazine rings is 1. The lowest BCUT2D eigenvalue weighted by molar-refractivity contribution is 0.208. The molecule has 1 aliphatic rings. The maximum atomic E-state index is 12.4. The second kappa shape index (κ2) is 7.04.